The number of methoxy groups -OCH3 is 1. The molecule has 3 aromatic rings. The van der Waals surface area contributed by atoms with Crippen LogP contribution in [0.5, 0.6) is 5.75 Å². The molecule has 2 aromatic heterocycles. The first-order valence-electron chi connectivity index (χ1n) is 9.08. The minimum atomic E-state index is -0.0726. The summed E-state index contributed by atoms with van der Waals surface area (Å²) in [6.45, 7) is 6.77. The quantitative estimate of drug-likeness (QED) is 0.700. The zero-order valence-electron chi connectivity index (χ0n) is 15.9. The van der Waals surface area contributed by atoms with E-state index >= 15 is 0 Å². The third kappa shape index (κ3) is 2.87. The molecule has 1 saturated heterocycles. The molecule has 3 heterocycles. The maximum Gasteiger partial charge on any atom is 0.246 e. The second-order valence-electron chi connectivity index (χ2n) is 6.87. The van der Waals surface area contributed by atoms with E-state index < -0.39 is 0 Å². The molecule has 1 aliphatic rings. The Morgan fingerprint density at radius 3 is 2.96 bits per heavy atom. The third-order valence-electron chi connectivity index (χ3n) is 5.20. The van der Waals surface area contributed by atoms with Crippen LogP contribution in [-0.4, -0.2) is 50.8 Å². The van der Waals surface area contributed by atoms with Gasteiger partial charge in [-0.2, -0.15) is 5.10 Å². The number of aryl methyl sites for hydroxylation is 1. The van der Waals surface area contributed by atoms with Gasteiger partial charge in [-0.05, 0) is 31.1 Å². The van der Waals surface area contributed by atoms with Crippen molar-refractivity contribution in [3.05, 3.63) is 42.7 Å². The molecule has 8 heteroatoms. The number of fused-ring (bicyclic) bond motifs is 1. The molecular formula is C20H22N6O2. The van der Waals surface area contributed by atoms with E-state index in [9.17, 15) is 4.79 Å². The fraction of sp³-hybridized carbons (Fsp3) is 0.300. The number of carbonyl (C=O) groups excluding carboxylic acids is 1. The maximum absolute atomic E-state index is 12.0. The Kier molecular flexibility index (Phi) is 4.46. The number of nitrogen functional groups attached to an aromatic ring is 1. The van der Waals surface area contributed by atoms with Crippen molar-refractivity contribution in [2.75, 3.05) is 25.9 Å². The standard InChI is InChI=1S/C20H22N6O2/c1-4-16(27)25-8-7-14(10-25)26-20-17(19(21)22-11-23-20)18(24-26)13-6-5-12(2)15(9-13)28-3/h4-6,9,11,14H,1,7-8,10H2,2-3H3,(H2,21,22,23). The van der Waals surface area contributed by atoms with Gasteiger partial charge in [0.05, 0.1) is 18.5 Å². The number of anilines is 1. The fourth-order valence-corrected chi connectivity index (χ4v) is 3.69. The lowest BCUT2D eigenvalue weighted by molar-refractivity contribution is -0.125. The summed E-state index contributed by atoms with van der Waals surface area (Å²) in [5.41, 5.74) is 9.48. The van der Waals surface area contributed by atoms with Gasteiger partial charge in [-0.3, -0.25) is 4.79 Å². The molecule has 1 amide bonds. The van der Waals surface area contributed by atoms with Crippen molar-refractivity contribution >= 4 is 22.8 Å². The largest absolute Gasteiger partial charge is 0.496 e. The van der Waals surface area contributed by atoms with Crippen molar-refractivity contribution in [1.82, 2.24) is 24.6 Å². The van der Waals surface area contributed by atoms with Crippen LogP contribution in [-0.2, 0) is 4.79 Å². The zero-order chi connectivity index (χ0) is 19.8. The third-order valence-corrected chi connectivity index (χ3v) is 5.20. The number of nitrogens with zero attached hydrogens (tertiary/aromatic N) is 5. The lowest BCUT2D eigenvalue weighted by Gasteiger charge is -2.14. The van der Waals surface area contributed by atoms with Crippen LogP contribution in [0.3, 0.4) is 0 Å². The molecule has 2 N–H and O–H groups in total. The number of hydrogen-bond donors (Lipinski definition) is 1. The summed E-state index contributed by atoms with van der Waals surface area (Å²) in [6.07, 6.45) is 3.57. The van der Waals surface area contributed by atoms with E-state index in [0.717, 1.165) is 23.3 Å². The van der Waals surface area contributed by atoms with Gasteiger partial charge in [-0.25, -0.2) is 14.6 Å². The van der Waals surface area contributed by atoms with Gasteiger partial charge in [0.1, 0.15) is 23.6 Å². The molecule has 1 fully saturated rings. The summed E-state index contributed by atoms with van der Waals surface area (Å²) in [5.74, 6) is 1.08. The van der Waals surface area contributed by atoms with Crippen molar-refractivity contribution in [2.24, 2.45) is 0 Å². The highest BCUT2D eigenvalue weighted by molar-refractivity contribution is 5.98. The van der Waals surface area contributed by atoms with E-state index in [4.69, 9.17) is 15.6 Å². The van der Waals surface area contributed by atoms with Crippen LogP contribution in [0.1, 0.15) is 18.0 Å². The normalized spacial score (nSPS) is 16.5. The van der Waals surface area contributed by atoms with E-state index in [-0.39, 0.29) is 11.9 Å². The minimum Gasteiger partial charge on any atom is -0.496 e. The van der Waals surface area contributed by atoms with Crippen LogP contribution in [0, 0.1) is 6.92 Å². The lowest BCUT2D eigenvalue weighted by Crippen LogP contribution is -2.27. The highest BCUT2D eigenvalue weighted by Crippen LogP contribution is 2.35. The van der Waals surface area contributed by atoms with Gasteiger partial charge in [0.15, 0.2) is 5.65 Å². The second kappa shape index (κ2) is 6.95. The van der Waals surface area contributed by atoms with Gasteiger partial charge >= 0.3 is 0 Å². The molecule has 1 aromatic carbocycles. The smallest absolute Gasteiger partial charge is 0.246 e. The number of aromatic nitrogens is 4. The van der Waals surface area contributed by atoms with Crippen LogP contribution < -0.4 is 10.5 Å². The summed E-state index contributed by atoms with van der Waals surface area (Å²) in [6, 6.07) is 5.93. The Morgan fingerprint density at radius 2 is 2.21 bits per heavy atom. The monoisotopic (exact) mass is 378 g/mol. The summed E-state index contributed by atoms with van der Waals surface area (Å²) in [5, 5.41) is 5.55. The van der Waals surface area contributed by atoms with Crippen molar-refractivity contribution in [2.45, 2.75) is 19.4 Å². The molecule has 28 heavy (non-hydrogen) atoms. The summed E-state index contributed by atoms with van der Waals surface area (Å²) < 4.78 is 7.32. The van der Waals surface area contributed by atoms with Gasteiger partial charge in [-0.1, -0.05) is 18.7 Å². The van der Waals surface area contributed by atoms with Gasteiger partial charge in [0, 0.05) is 18.7 Å². The first-order chi connectivity index (χ1) is 13.5. The molecule has 1 aliphatic heterocycles. The Morgan fingerprint density at radius 1 is 1.39 bits per heavy atom. The summed E-state index contributed by atoms with van der Waals surface area (Å²) >= 11 is 0. The highest BCUT2D eigenvalue weighted by Gasteiger charge is 2.30. The number of ether oxygens (including phenoxy) is 1. The van der Waals surface area contributed by atoms with Crippen LogP contribution in [0.2, 0.25) is 0 Å². The molecule has 0 spiro atoms. The van der Waals surface area contributed by atoms with Crippen LogP contribution >= 0.6 is 0 Å². The molecule has 1 atom stereocenters. The lowest BCUT2D eigenvalue weighted by atomic mass is 10.1. The van der Waals surface area contributed by atoms with Crippen LogP contribution in [0.25, 0.3) is 22.3 Å². The molecule has 1 unspecified atom stereocenters. The first-order valence-corrected chi connectivity index (χ1v) is 9.08. The Labute approximate surface area is 162 Å². The minimum absolute atomic E-state index is 0.0155. The van der Waals surface area contributed by atoms with Gasteiger partial charge in [0.2, 0.25) is 5.91 Å². The predicted molar refractivity (Wildman–Crippen MR) is 107 cm³/mol. The average molecular weight is 378 g/mol. The molecule has 144 valence electrons. The average Bonchev–Trinajstić information content (AvgIpc) is 3.33. The van der Waals surface area contributed by atoms with E-state index in [1.165, 1.54) is 12.4 Å². The number of benzene rings is 1. The van der Waals surface area contributed by atoms with Crippen molar-refractivity contribution in [3.63, 3.8) is 0 Å². The SMILES string of the molecule is C=CC(=O)N1CCC(n2nc(-c3ccc(C)c(OC)c3)c3c(N)ncnc32)C1. The Hall–Kier alpha value is -3.42. The Balaban J connectivity index is 1.83. The number of likely N-dealkylation sites (tertiary alicyclic amines) is 1. The topological polar surface area (TPSA) is 99.2 Å². The molecule has 4 rings (SSSR count). The van der Waals surface area contributed by atoms with E-state index in [2.05, 4.69) is 16.5 Å². The van der Waals surface area contributed by atoms with E-state index in [1.54, 1.807) is 12.0 Å². The molecular weight excluding hydrogens is 356 g/mol. The van der Waals surface area contributed by atoms with E-state index in [0.29, 0.717) is 35.6 Å². The summed E-state index contributed by atoms with van der Waals surface area (Å²) in [7, 11) is 1.64. The number of carbonyl (C=O) groups is 1. The molecule has 0 bridgehead atoms. The predicted octanol–water partition coefficient (Wildman–Crippen LogP) is 2.35. The molecule has 0 saturated carbocycles. The molecule has 0 aliphatic carbocycles. The van der Waals surface area contributed by atoms with Gasteiger partial charge < -0.3 is 15.4 Å². The van der Waals surface area contributed by atoms with E-state index in [1.807, 2.05) is 29.8 Å². The first kappa shape index (κ1) is 18.0. The zero-order valence-corrected chi connectivity index (χ0v) is 15.9. The van der Waals surface area contributed by atoms with Crippen molar-refractivity contribution in [1.29, 1.82) is 0 Å². The second-order valence-corrected chi connectivity index (χ2v) is 6.87. The number of nitrogens with two attached hydrogens (primary N) is 1. The van der Waals surface area contributed by atoms with Crippen molar-refractivity contribution < 1.29 is 9.53 Å². The number of amides is 1. The van der Waals surface area contributed by atoms with Gasteiger partial charge in [-0.15, -0.1) is 0 Å². The number of hydrogen-bond acceptors (Lipinski definition) is 6. The van der Waals surface area contributed by atoms with Crippen molar-refractivity contribution in [3.8, 4) is 17.0 Å². The molecule has 0 radical (unpaired) electrons. The highest BCUT2D eigenvalue weighted by atomic mass is 16.5. The summed E-state index contributed by atoms with van der Waals surface area (Å²) in [4.78, 5) is 22.3. The number of rotatable bonds is 4. The molecule has 8 nitrogen and oxygen atoms in total. The fourth-order valence-electron chi connectivity index (χ4n) is 3.69. The van der Waals surface area contributed by atoms with Crippen LogP contribution in [0.15, 0.2) is 37.2 Å². The van der Waals surface area contributed by atoms with Crippen LogP contribution in [0.4, 0.5) is 5.82 Å². The maximum atomic E-state index is 12.0. The Bertz CT molecular complexity index is 1070. The van der Waals surface area contributed by atoms with Gasteiger partial charge in [0.25, 0.3) is 0 Å².